The summed E-state index contributed by atoms with van der Waals surface area (Å²) in [5, 5.41) is 21.2. The molecule has 1 fully saturated rings. The Morgan fingerprint density at radius 1 is 1.09 bits per heavy atom. The molecule has 1 saturated carbocycles. The van der Waals surface area contributed by atoms with Gasteiger partial charge in [0.25, 0.3) is 5.69 Å². The molecule has 0 amide bonds. The third-order valence-corrected chi connectivity index (χ3v) is 6.43. The molecular weight excluding hydrogens is 410 g/mol. The highest BCUT2D eigenvalue weighted by Gasteiger charge is 2.43. The fourth-order valence-corrected chi connectivity index (χ4v) is 4.65. The molecule has 0 unspecified atom stereocenters. The van der Waals surface area contributed by atoms with Crippen LogP contribution in [-0.4, -0.2) is 22.0 Å². The first-order chi connectivity index (χ1) is 15.4. The Morgan fingerprint density at radius 2 is 1.75 bits per heavy atom. The van der Waals surface area contributed by atoms with Crippen LogP contribution < -0.4 is 4.74 Å². The molecule has 0 heterocycles. The average Bonchev–Trinajstić information content (AvgIpc) is 2.79. The Labute approximate surface area is 187 Å². The average molecular weight is 440 g/mol. The molecule has 0 saturated heterocycles. The van der Waals surface area contributed by atoms with Gasteiger partial charge in [-0.1, -0.05) is 50.1 Å². The number of aliphatic carboxylic acids is 1. The molecule has 32 heavy (non-hydrogen) atoms. The van der Waals surface area contributed by atoms with Gasteiger partial charge in [0.1, 0.15) is 5.75 Å². The number of ether oxygens (including phenoxy) is 1. The number of carbonyl (C=O) groups is 2. The lowest BCUT2D eigenvalue weighted by Crippen LogP contribution is -2.35. The van der Waals surface area contributed by atoms with Crippen LogP contribution in [-0.2, 0) is 15.0 Å². The summed E-state index contributed by atoms with van der Waals surface area (Å²) in [6, 6.07) is 13.8. The number of rotatable bonds is 9. The molecule has 0 bridgehead atoms. The summed E-state index contributed by atoms with van der Waals surface area (Å²) >= 11 is 0. The summed E-state index contributed by atoms with van der Waals surface area (Å²) in [6.45, 7) is 2.07. The van der Waals surface area contributed by atoms with E-state index in [9.17, 15) is 24.8 Å². The Kier molecular flexibility index (Phi) is 7.62. The molecule has 7 nitrogen and oxygen atoms in total. The van der Waals surface area contributed by atoms with E-state index in [0.29, 0.717) is 43.4 Å². The standard InChI is InChI=1S/C25H29NO6/c1-2-3-4-9-23(27)32-20-12-10-19(11-13-20)25(16-14-18(15-17-25)24(28)29)21-7-5-6-8-22(21)26(30)31/h5-8,10-13,18H,2-4,9,14-17H2,1H3,(H,28,29). The minimum atomic E-state index is -0.827. The number of hydrogen-bond acceptors (Lipinski definition) is 5. The molecule has 3 rings (SSSR count). The summed E-state index contributed by atoms with van der Waals surface area (Å²) in [7, 11) is 0. The summed E-state index contributed by atoms with van der Waals surface area (Å²) in [6.07, 6.45) is 5.02. The molecule has 0 aliphatic heterocycles. The van der Waals surface area contributed by atoms with Crippen molar-refractivity contribution < 1.29 is 24.4 Å². The first-order valence-electron chi connectivity index (χ1n) is 11.2. The van der Waals surface area contributed by atoms with E-state index in [4.69, 9.17) is 4.74 Å². The van der Waals surface area contributed by atoms with E-state index in [1.165, 1.54) is 6.07 Å². The fraction of sp³-hybridized carbons (Fsp3) is 0.440. The Hall–Kier alpha value is -3.22. The number of para-hydroxylation sites is 1. The highest BCUT2D eigenvalue weighted by molar-refractivity contribution is 5.72. The topological polar surface area (TPSA) is 107 Å². The van der Waals surface area contributed by atoms with E-state index < -0.39 is 17.3 Å². The fourth-order valence-electron chi connectivity index (χ4n) is 4.65. The van der Waals surface area contributed by atoms with Crippen molar-refractivity contribution in [2.75, 3.05) is 0 Å². The quantitative estimate of drug-likeness (QED) is 0.178. The molecule has 1 aliphatic carbocycles. The first kappa shape index (κ1) is 23.4. The van der Waals surface area contributed by atoms with Gasteiger partial charge < -0.3 is 9.84 Å². The zero-order chi connectivity index (χ0) is 23.1. The molecule has 7 heteroatoms. The summed E-state index contributed by atoms with van der Waals surface area (Å²) in [4.78, 5) is 34.9. The van der Waals surface area contributed by atoms with Gasteiger partial charge in [-0.3, -0.25) is 19.7 Å². The third-order valence-electron chi connectivity index (χ3n) is 6.43. The predicted octanol–water partition coefficient (Wildman–Crippen LogP) is 5.64. The summed E-state index contributed by atoms with van der Waals surface area (Å²) in [5.41, 5.74) is 0.825. The number of nitro benzene ring substituents is 1. The molecule has 1 N–H and O–H groups in total. The molecule has 0 spiro atoms. The van der Waals surface area contributed by atoms with Crippen LogP contribution in [0.3, 0.4) is 0 Å². The van der Waals surface area contributed by atoms with Crippen LogP contribution in [0.4, 0.5) is 5.69 Å². The van der Waals surface area contributed by atoms with E-state index in [1.807, 2.05) is 12.1 Å². The number of nitro groups is 1. The van der Waals surface area contributed by atoms with Crippen molar-refractivity contribution in [3.63, 3.8) is 0 Å². The minimum absolute atomic E-state index is 0.0349. The highest BCUT2D eigenvalue weighted by Crippen LogP contribution is 2.49. The van der Waals surface area contributed by atoms with Crippen molar-refractivity contribution >= 4 is 17.6 Å². The maximum absolute atomic E-state index is 12.0. The highest BCUT2D eigenvalue weighted by atomic mass is 16.6. The summed E-state index contributed by atoms with van der Waals surface area (Å²) < 4.78 is 5.43. The minimum Gasteiger partial charge on any atom is -0.481 e. The number of unbranched alkanes of at least 4 members (excludes halogenated alkanes) is 2. The van der Waals surface area contributed by atoms with Crippen molar-refractivity contribution in [1.29, 1.82) is 0 Å². The number of esters is 1. The first-order valence-corrected chi connectivity index (χ1v) is 11.2. The second-order valence-corrected chi connectivity index (χ2v) is 8.42. The molecule has 0 aromatic heterocycles. The Balaban J connectivity index is 1.91. The maximum Gasteiger partial charge on any atom is 0.311 e. The summed E-state index contributed by atoms with van der Waals surface area (Å²) in [5.74, 6) is -1.12. The normalized spacial score (nSPS) is 20.5. The van der Waals surface area contributed by atoms with Crippen LogP contribution in [0.2, 0.25) is 0 Å². The number of nitrogens with zero attached hydrogens (tertiary/aromatic N) is 1. The van der Waals surface area contributed by atoms with Gasteiger partial charge in [-0.2, -0.15) is 0 Å². The van der Waals surface area contributed by atoms with Crippen LogP contribution in [0.15, 0.2) is 48.5 Å². The van der Waals surface area contributed by atoms with Gasteiger partial charge >= 0.3 is 11.9 Å². The zero-order valence-corrected chi connectivity index (χ0v) is 18.3. The third kappa shape index (κ3) is 5.15. The van der Waals surface area contributed by atoms with Gasteiger partial charge in [-0.25, -0.2) is 0 Å². The largest absolute Gasteiger partial charge is 0.481 e. The van der Waals surface area contributed by atoms with Gasteiger partial charge in [-0.05, 0) is 49.8 Å². The van der Waals surface area contributed by atoms with Crippen molar-refractivity contribution in [2.45, 2.75) is 63.7 Å². The van der Waals surface area contributed by atoms with Gasteiger partial charge in [0.05, 0.1) is 10.8 Å². The van der Waals surface area contributed by atoms with Gasteiger partial charge in [0.15, 0.2) is 0 Å². The van der Waals surface area contributed by atoms with Crippen molar-refractivity contribution in [2.24, 2.45) is 5.92 Å². The number of carboxylic acid groups (broad SMARTS) is 1. The lowest BCUT2D eigenvalue weighted by Gasteiger charge is -2.40. The van der Waals surface area contributed by atoms with Crippen LogP contribution in [0.5, 0.6) is 5.75 Å². The maximum atomic E-state index is 12.0. The number of carboxylic acids is 1. The van der Waals surface area contributed by atoms with E-state index >= 15 is 0 Å². The molecule has 2 aromatic carbocycles. The molecular formula is C25H29NO6. The molecule has 1 aliphatic rings. The van der Waals surface area contributed by atoms with Gasteiger partial charge in [0, 0.05) is 23.5 Å². The zero-order valence-electron chi connectivity index (χ0n) is 18.3. The predicted molar refractivity (Wildman–Crippen MR) is 120 cm³/mol. The number of hydrogen-bond donors (Lipinski definition) is 1. The van der Waals surface area contributed by atoms with Crippen molar-refractivity contribution in [3.05, 3.63) is 69.8 Å². The lowest BCUT2D eigenvalue weighted by molar-refractivity contribution is -0.386. The van der Waals surface area contributed by atoms with E-state index in [-0.39, 0.29) is 16.6 Å². The second kappa shape index (κ2) is 10.4. The Morgan fingerprint density at radius 3 is 2.34 bits per heavy atom. The second-order valence-electron chi connectivity index (χ2n) is 8.42. The monoisotopic (exact) mass is 439 g/mol. The van der Waals surface area contributed by atoms with Crippen LogP contribution in [0.25, 0.3) is 0 Å². The van der Waals surface area contributed by atoms with Gasteiger partial charge in [0.2, 0.25) is 0 Å². The van der Waals surface area contributed by atoms with Crippen LogP contribution in [0, 0.1) is 16.0 Å². The molecule has 170 valence electrons. The number of carbonyl (C=O) groups excluding carboxylic acids is 1. The Bertz CT molecular complexity index is 961. The van der Waals surface area contributed by atoms with Crippen molar-refractivity contribution in [1.82, 2.24) is 0 Å². The number of benzene rings is 2. The molecule has 0 atom stereocenters. The van der Waals surface area contributed by atoms with E-state index in [0.717, 1.165) is 24.8 Å². The SMILES string of the molecule is CCCCCC(=O)Oc1ccc(C2(c3ccccc3[N+](=O)[O-])CCC(C(=O)O)CC2)cc1. The van der Waals surface area contributed by atoms with Crippen LogP contribution >= 0.6 is 0 Å². The lowest BCUT2D eigenvalue weighted by atomic mass is 9.62. The smallest absolute Gasteiger partial charge is 0.311 e. The van der Waals surface area contributed by atoms with Crippen molar-refractivity contribution in [3.8, 4) is 5.75 Å². The molecule has 2 aromatic rings. The van der Waals surface area contributed by atoms with E-state index in [2.05, 4.69) is 6.92 Å². The molecule has 0 radical (unpaired) electrons. The van der Waals surface area contributed by atoms with E-state index in [1.54, 1.807) is 30.3 Å². The van der Waals surface area contributed by atoms with Gasteiger partial charge in [-0.15, -0.1) is 0 Å². The van der Waals surface area contributed by atoms with Crippen LogP contribution in [0.1, 0.15) is 69.4 Å².